The number of aromatic nitrogens is 2. The van der Waals surface area contributed by atoms with E-state index < -0.39 is 29.9 Å². The number of aliphatic hydroxyl groups excluding tert-OH is 1. The fourth-order valence-electron chi connectivity index (χ4n) is 3.94. The maximum atomic E-state index is 14.0. The van der Waals surface area contributed by atoms with Gasteiger partial charge in [0.1, 0.15) is 6.04 Å². The van der Waals surface area contributed by atoms with E-state index in [1.54, 1.807) is 55.5 Å². The van der Waals surface area contributed by atoms with Crippen molar-refractivity contribution in [3.63, 3.8) is 0 Å². The molecule has 192 valence electrons. The highest BCUT2D eigenvalue weighted by Gasteiger charge is 2.34. The number of hydrogen-bond acceptors (Lipinski definition) is 6. The largest absolute Gasteiger partial charge is 0.480 e. The lowest BCUT2D eigenvalue weighted by atomic mass is 9.94. The van der Waals surface area contributed by atoms with E-state index in [1.807, 2.05) is 0 Å². The molecule has 0 saturated heterocycles. The first-order valence-corrected chi connectivity index (χ1v) is 11.4. The molecule has 1 aromatic heterocycles. The first kappa shape index (κ1) is 26.1. The molecule has 0 amide bonds. The molecule has 10 heteroatoms. The number of rotatable bonds is 8. The molecule has 0 bridgehead atoms. The lowest BCUT2D eigenvalue weighted by Gasteiger charge is -2.17. The van der Waals surface area contributed by atoms with Gasteiger partial charge in [-0.25, -0.2) is 0 Å². The summed E-state index contributed by atoms with van der Waals surface area (Å²) in [7, 11) is 0. The molecule has 4 rings (SSSR count). The van der Waals surface area contributed by atoms with Gasteiger partial charge in [0.25, 0.3) is 5.89 Å². The van der Waals surface area contributed by atoms with Gasteiger partial charge >= 0.3 is 12.1 Å². The average Bonchev–Trinajstić information content (AvgIpc) is 3.34. The molecule has 3 N–H and O–H groups in total. The molecule has 4 aromatic rings. The SMILES string of the molecule is Cc1ccccc1-c1ccc(-c2nc(-c3ccc(CN[C@H](C(=O)O)[C@@H](C)O)cc3)no2)cc1C(F)(F)F. The Balaban J connectivity index is 1.57. The Kier molecular flexibility index (Phi) is 7.42. The highest BCUT2D eigenvalue weighted by atomic mass is 19.4. The third kappa shape index (κ3) is 5.87. The van der Waals surface area contributed by atoms with Gasteiger partial charge in [-0.3, -0.25) is 10.1 Å². The Morgan fingerprint density at radius 1 is 1.03 bits per heavy atom. The number of alkyl halides is 3. The lowest BCUT2D eigenvalue weighted by molar-refractivity contribution is -0.142. The third-order valence-electron chi connectivity index (χ3n) is 5.92. The molecule has 0 saturated carbocycles. The van der Waals surface area contributed by atoms with Gasteiger partial charge < -0.3 is 14.7 Å². The molecule has 0 aliphatic heterocycles. The van der Waals surface area contributed by atoms with E-state index >= 15 is 0 Å². The number of carboxylic acid groups (broad SMARTS) is 1. The summed E-state index contributed by atoms with van der Waals surface area (Å²) in [6.45, 7) is 3.34. The Morgan fingerprint density at radius 3 is 2.32 bits per heavy atom. The smallest absolute Gasteiger partial charge is 0.417 e. The zero-order valence-corrected chi connectivity index (χ0v) is 20.0. The molecule has 0 fully saturated rings. The predicted molar refractivity (Wildman–Crippen MR) is 130 cm³/mol. The number of halogens is 3. The molecule has 1 heterocycles. The number of aliphatic carboxylic acids is 1. The van der Waals surface area contributed by atoms with Crippen molar-refractivity contribution in [2.75, 3.05) is 0 Å². The van der Waals surface area contributed by atoms with E-state index in [0.29, 0.717) is 11.1 Å². The van der Waals surface area contributed by atoms with Crippen LogP contribution in [0.1, 0.15) is 23.6 Å². The first-order valence-electron chi connectivity index (χ1n) is 11.4. The highest BCUT2D eigenvalue weighted by molar-refractivity contribution is 5.75. The summed E-state index contributed by atoms with van der Waals surface area (Å²) in [5.74, 6) is -1.02. The van der Waals surface area contributed by atoms with E-state index in [1.165, 1.54) is 19.1 Å². The van der Waals surface area contributed by atoms with Crippen molar-refractivity contribution in [1.29, 1.82) is 0 Å². The zero-order chi connectivity index (χ0) is 26.7. The summed E-state index contributed by atoms with van der Waals surface area (Å²) < 4.78 is 47.1. The monoisotopic (exact) mass is 511 g/mol. The number of nitrogens with one attached hydrogen (secondary N) is 1. The van der Waals surface area contributed by atoms with Crippen LogP contribution in [0.25, 0.3) is 34.0 Å². The second kappa shape index (κ2) is 10.5. The summed E-state index contributed by atoms with van der Waals surface area (Å²) in [4.78, 5) is 15.5. The number of benzene rings is 3. The van der Waals surface area contributed by atoms with Crippen LogP contribution in [0.4, 0.5) is 13.2 Å². The summed E-state index contributed by atoms with van der Waals surface area (Å²) in [5.41, 5.74) is 1.94. The van der Waals surface area contributed by atoms with Crippen LogP contribution in [0.2, 0.25) is 0 Å². The molecule has 3 aromatic carbocycles. The minimum absolute atomic E-state index is 0.0520. The minimum atomic E-state index is -4.59. The second-order valence-corrected chi connectivity index (χ2v) is 8.63. The van der Waals surface area contributed by atoms with E-state index in [2.05, 4.69) is 15.5 Å². The average molecular weight is 512 g/mol. The molecule has 0 spiro atoms. The Hall–Kier alpha value is -4.02. The summed E-state index contributed by atoms with van der Waals surface area (Å²) in [5, 5.41) is 25.4. The molecule has 0 aliphatic carbocycles. The van der Waals surface area contributed by atoms with Crippen LogP contribution >= 0.6 is 0 Å². The Labute approximate surface area is 210 Å². The fraction of sp³-hybridized carbons (Fsp3) is 0.222. The Bertz CT molecular complexity index is 1400. The second-order valence-electron chi connectivity index (χ2n) is 8.63. The van der Waals surface area contributed by atoms with Gasteiger partial charge in [-0.2, -0.15) is 18.2 Å². The van der Waals surface area contributed by atoms with E-state index in [9.17, 15) is 23.1 Å². The number of carboxylic acids is 1. The third-order valence-corrected chi connectivity index (χ3v) is 5.92. The van der Waals surface area contributed by atoms with Crippen molar-refractivity contribution >= 4 is 5.97 Å². The molecule has 0 unspecified atom stereocenters. The van der Waals surface area contributed by atoms with Crippen molar-refractivity contribution in [3.8, 4) is 34.0 Å². The molecule has 37 heavy (non-hydrogen) atoms. The van der Waals surface area contributed by atoms with Crippen molar-refractivity contribution < 1.29 is 32.7 Å². The maximum Gasteiger partial charge on any atom is 0.417 e. The van der Waals surface area contributed by atoms with Gasteiger partial charge in [0.2, 0.25) is 5.82 Å². The predicted octanol–water partition coefficient (Wildman–Crippen LogP) is 5.32. The zero-order valence-electron chi connectivity index (χ0n) is 20.0. The number of aryl methyl sites for hydroxylation is 1. The number of hydrogen-bond donors (Lipinski definition) is 3. The summed E-state index contributed by atoms with van der Waals surface area (Å²) >= 11 is 0. The molecular formula is C27H24F3N3O4. The van der Waals surface area contributed by atoms with Crippen LogP contribution in [-0.4, -0.2) is 38.5 Å². The lowest BCUT2D eigenvalue weighted by Crippen LogP contribution is -2.44. The molecule has 2 atom stereocenters. The van der Waals surface area contributed by atoms with Gasteiger partial charge in [-0.15, -0.1) is 0 Å². The molecular weight excluding hydrogens is 487 g/mol. The number of nitrogens with zero attached hydrogens (tertiary/aromatic N) is 2. The molecule has 0 radical (unpaired) electrons. The van der Waals surface area contributed by atoms with Crippen LogP contribution in [-0.2, 0) is 17.5 Å². The van der Waals surface area contributed by atoms with Gasteiger partial charge in [0, 0.05) is 17.7 Å². The van der Waals surface area contributed by atoms with Gasteiger partial charge in [-0.05, 0) is 48.2 Å². The van der Waals surface area contributed by atoms with E-state index in [4.69, 9.17) is 9.63 Å². The van der Waals surface area contributed by atoms with Crippen molar-refractivity contribution in [3.05, 3.63) is 83.4 Å². The van der Waals surface area contributed by atoms with E-state index in [-0.39, 0.29) is 29.4 Å². The van der Waals surface area contributed by atoms with Gasteiger partial charge in [0.15, 0.2) is 0 Å². The topological polar surface area (TPSA) is 108 Å². The Morgan fingerprint density at radius 2 is 1.70 bits per heavy atom. The van der Waals surface area contributed by atoms with Crippen LogP contribution in [0.3, 0.4) is 0 Å². The highest BCUT2D eigenvalue weighted by Crippen LogP contribution is 2.40. The number of aliphatic hydroxyl groups is 1. The minimum Gasteiger partial charge on any atom is -0.480 e. The van der Waals surface area contributed by atoms with Crippen LogP contribution < -0.4 is 5.32 Å². The normalized spacial score (nSPS) is 13.4. The summed E-state index contributed by atoms with van der Waals surface area (Å²) in [6, 6.07) is 16.5. The maximum absolute atomic E-state index is 14.0. The van der Waals surface area contributed by atoms with Crippen LogP contribution in [0, 0.1) is 6.92 Å². The van der Waals surface area contributed by atoms with Gasteiger partial charge in [-0.1, -0.05) is 59.8 Å². The number of carbonyl (C=O) groups is 1. The van der Waals surface area contributed by atoms with Gasteiger partial charge in [0.05, 0.1) is 11.7 Å². The molecule has 0 aliphatic rings. The standard InChI is InChI=1S/C27H24F3N3O4/c1-15-5-3-4-6-20(15)21-12-11-19(13-22(21)27(28,29)30)25-32-24(33-37-25)18-9-7-17(8-10-18)14-31-23(16(2)34)26(35)36/h3-13,16,23,31,34H,14H2,1-2H3,(H,35,36)/t16-,23+/m1/s1. The summed E-state index contributed by atoms with van der Waals surface area (Å²) in [6.07, 6.45) is -5.66. The van der Waals surface area contributed by atoms with Crippen molar-refractivity contribution in [2.24, 2.45) is 0 Å². The molecule has 7 nitrogen and oxygen atoms in total. The first-order chi connectivity index (χ1) is 17.5. The fourth-order valence-corrected chi connectivity index (χ4v) is 3.94. The van der Waals surface area contributed by atoms with Crippen LogP contribution in [0.15, 0.2) is 71.3 Å². The van der Waals surface area contributed by atoms with E-state index in [0.717, 1.165) is 17.2 Å². The van der Waals surface area contributed by atoms with Crippen molar-refractivity contribution in [2.45, 2.75) is 38.7 Å². The quantitative estimate of drug-likeness (QED) is 0.294. The van der Waals surface area contributed by atoms with Crippen LogP contribution in [0.5, 0.6) is 0 Å². The van der Waals surface area contributed by atoms with Crippen molar-refractivity contribution in [1.82, 2.24) is 15.5 Å².